The molecule has 0 spiro atoms. The molecular formula is C23H28F2N4O. The van der Waals surface area contributed by atoms with Gasteiger partial charge in [-0.15, -0.1) is 0 Å². The van der Waals surface area contributed by atoms with E-state index in [1.165, 1.54) is 11.6 Å². The van der Waals surface area contributed by atoms with Crippen LogP contribution in [0.4, 0.5) is 19.3 Å². The van der Waals surface area contributed by atoms with Crippen molar-refractivity contribution in [2.24, 2.45) is 5.92 Å². The average molecular weight is 415 g/mol. The smallest absolute Gasteiger partial charge is 0.315 e. The zero-order valence-corrected chi connectivity index (χ0v) is 17.0. The molecule has 4 rings (SSSR count). The number of benzene rings is 2. The van der Waals surface area contributed by atoms with Gasteiger partial charge in [0.1, 0.15) is 0 Å². The van der Waals surface area contributed by atoms with Crippen LogP contribution in [0.5, 0.6) is 0 Å². The Balaban J connectivity index is 1.17. The number of amides is 2. The summed E-state index contributed by atoms with van der Waals surface area (Å²) in [6.45, 7) is 4.81. The maximum atomic E-state index is 13.5. The fourth-order valence-electron chi connectivity index (χ4n) is 4.32. The van der Waals surface area contributed by atoms with Gasteiger partial charge in [-0.3, -0.25) is 4.90 Å². The van der Waals surface area contributed by atoms with Crippen LogP contribution in [-0.4, -0.2) is 49.7 Å². The molecule has 0 saturated carbocycles. The van der Waals surface area contributed by atoms with Crippen molar-refractivity contribution in [2.75, 3.05) is 37.6 Å². The maximum Gasteiger partial charge on any atom is 0.315 e. The van der Waals surface area contributed by atoms with Crippen LogP contribution in [0.2, 0.25) is 0 Å². The minimum absolute atomic E-state index is 0.132. The lowest BCUT2D eigenvalue weighted by atomic mass is 10.1. The maximum absolute atomic E-state index is 13.5. The lowest BCUT2D eigenvalue weighted by Crippen LogP contribution is -2.44. The van der Waals surface area contributed by atoms with E-state index < -0.39 is 11.6 Å². The third-order valence-corrected chi connectivity index (χ3v) is 5.96. The summed E-state index contributed by atoms with van der Waals surface area (Å²) in [6, 6.07) is 14.4. The zero-order valence-electron chi connectivity index (χ0n) is 17.0. The molecule has 160 valence electrons. The Labute approximate surface area is 176 Å². The quantitative estimate of drug-likeness (QED) is 0.762. The number of carbonyl (C=O) groups excluding carboxylic acids is 1. The number of nitrogens with zero attached hydrogens (tertiary/aromatic N) is 2. The van der Waals surface area contributed by atoms with Gasteiger partial charge in [-0.05, 0) is 36.5 Å². The number of nitrogens with one attached hydrogen (secondary N) is 2. The summed E-state index contributed by atoms with van der Waals surface area (Å²) in [5, 5.41) is 6.06. The molecule has 2 fully saturated rings. The molecule has 0 aliphatic carbocycles. The number of anilines is 1. The van der Waals surface area contributed by atoms with Crippen LogP contribution in [0.1, 0.15) is 18.4 Å². The standard InChI is InChI=1S/C23H28F2N4O/c24-21-7-6-20(12-22(21)25)29-11-8-18(15-29)13-26-23(30)27-19-9-10-28(16-19)14-17-4-2-1-3-5-17/h1-7,12,18-19H,8-11,13-16H2,(H2,26,27,30). The van der Waals surface area contributed by atoms with Crippen LogP contribution in [0.25, 0.3) is 0 Å². The van der Waals surface area contributed by atoms with Crippen LogP contribution in [0.3, 0.4) is 0 Å². The molecule has 7 heteroatoms. The lowest BCUT2D eigenvalue weighted by molar-refractivity contribution is 0.234. The van der Waals surface area contributed by atoms with E-state index >= 15 is 0 Å². The van der Waals surface area contributed by atoms with Gasteiger partial charge < -0.3 is 15.5 Å². The molecular weight excluding hydrogens is 386 g/mol. The van der Waals surface area contributed by atoms with Gasteiger partial charge >= 0.3 is 6.03 Å². The molecule has 0 bridgehead atoms. The van der Waals surface area contributed by atoms with E-state index in [0.29, 0.717) is 18.2 Å². The molecule has 2 saturated heterocycles. The van der Waals surface area contributed by atoms with Crippen LogP contribution in [0.15, 0.2) is 48.5 Å². The van der Waals surface area contributed by atoms with Crippen molar-refractivity contribution in [3.05, 3.63) is 65.7 Å². The van der Waals surface area contributed by atoms with Crippen molar-refractivity contribution in [3.8, 4) is 0 Å². The number of rotatable bonds is 6. The molecule has 0 radical (unpaired) electrons. The Hall–Kier alpha value is -2.67. The van der Waals surface area contributed by atoms with Gasteiger partial charge in [-0.1, -0.05) is 30.3 Å². The molecule has 2 aliphatic rings. The third-order valence-electron chi connectivity index (χ3n) is 5.96. The monoisotopic (exact) mass is 414 g/mol. The second-order valence-electron chi connectivity index (χ2n) is 8.26. The van der Waals surface area contributed by atoms with Crippen LogP contribution >= 0.6 is 0 Å². The molecule has 0 aromatic heterocycles. The van der Waals surface area contributed by atoms with E-state index in [4.69, 9.17) is 0 Å². The van der Waals surface area contributed by atoms with Crippen LogP contribution in [-0.2, 0) is 6.54 Å². The first kappa shape index (κ1) is 20.6. The van der Waals surface area contributed by atoms with Crippen molar-refractivity contribution < 1.29 is 13.6 Å². The van der Waals surface area contributed by atoms with Gasteiger partial charge in [-0.25, -0.2) is 13.6 Å². The van der Waals surface area contributed by atoms with E-state index in [-0.39, 0.29) is 12.1 Å². The first-order valence-electron chi connectivity index (χ1n) is 10.6. The highest BCUT2D eigenvalue weighted by Gasteiger charge is 2.26. The summed E-state index contributed by atoms with van der Waals surface area (Å²) in [6.07, 6.45) is 1.86. The van der Waals surface area contributed by atoms with Gasteiger partial charge in [0.05, 0.1) is 0 Å². The van der Waals surface area contributed by atoms with Crippen LogP contribution < -0.4 is 15.5 Å². The number of hydrogen-bond donors (Lipinski definition) is 2. The highest BCUT2D eigenvalue weighted by atomic mass is 19.2. The van der Waals surface area contributed by atoms with Gasteiger partial charge in [0.25, 0.3) is 0 Å². The molecule has 5 nitrogen and oxygen atoms in total. The Morgan fingerprint density at radius 1 is 1.00 bits per heavy atom. The van der Waals surface area contributed by atoms with Gasteiger partial charge in [0.15, 0.2) is 11.6 Å². The summed E-state index contributed by atoms with van der Waals surface area (Å²) >= 11 is 0. The summed E-state index contributed by atoms with van der Waals surface area (Å²) in [7, 11) is 0. The molecule has 2 aromatic carbocycles. The number of hydrogen-bond acceptors (Lipinski definition) is 3. The average Bonchev–Trinajstić information content (AvgIpc) is 3.39. The minimum Gasteiger partial charge on any atom is -0.371 e. The zero-order chi connectivity index (χ0) is 20.9. The normalized spacial score (nSPS) is 21.7. The van der Waals surface area contributed by atoms with Gasteiger partial charge in [0.2, 0.25) is 0 Å². The highest BCUT2D eigenvalue weighted by Crippen LogP contribution is 2.25. The Bertz CT molecular complexity index is 864. The SMILES string of the molecule is O=C(NCC1CCN(c2ccc(F)c(F)c2)C1)NC1CCN(Cc2ccccc2)C1. The summed E-state index contributed by atoms with van der Waals surface area (Å²) < 4.78 is 26.6. The molecule has 2 unspecified atom stereocenters. The summed E-state index contributed by atoms with van der Waals surface area (Å²) in [5.41, 5.74) is 1.97. The molecule has 2 heterocycles. The van der Waals surface area contributed by atoms with Gasteiger partial charge in [0, 0.05) is 57.1 Å². The highest BCUT2D eigenvalue weighted by molar-refractivity contribution is 5.74. The van der Waals surface area contributed by atoms with Crippen LogP contribution in [0, 0.1) is 17.6 Å². The molecule has 30 heavy (non-hydrogen) atoms. The van der Waals surface area contributed by atoms with Crippen molar-refractivity contribution in [3.63, 3.8) is 0 Å². The molecule has 2 amide bonds. The Morgan fingerprint density at radius 3 is 2.63 bits per heavy atom. The molecule has 2 N–H and O–H groups in total. The second kappa shape index (κ2) is 9.43. The van der Waals surface area contributed by atoms with E-state index in [2.05, 4.69) is 27.7 Å². The predicted octanol–water partition coefficient (Wildman–Crippen LogP) is 3.36. The van der Waals surface area contributed by atoms with Gasteiger partial charge in [-0.2, -0.15) is 0 Å². The third kappa shape index (κ3) is 5.27. The predicted molar refractivity (Wildman–Crippen MR) is 113 cm³/mol. The number of halogens is 2. The van der Waals surface area contributed by atoms with E-state index in [1.807, 2.05) is 23.1 Å². The van der Waals surface area contributed by atoms with E-state index in [9.17, 15) is 13.6 Å². The lowest BCUT2D eigenvalue weighted by Gasteiger charge is -2.20. The topological polar surface area (TPSA) is 47.6 Å². The summed E-state index contributed by atoms with van der Waals surface area (Å²) in [5.74, 6) is -1.37. The second-order valence-corrected chi connectivity index (χ2v) is 8.26. The largest absolute Gasteiger partial charge is 0.371 e. The molecule has 2 aliphatic heterocycles. The van der Waals surface area contributed by atoms with Crippen molar-refractivity contribution in [2.45, 2.75) is 25.4 Å². The molecule has 2 aromatic rings. The molecule has 2 atom stereocenters. The first-order chi connectivity index (χ1) is 14.6. The summed E-state index contributed by atoms with van der Waals surface area (Å²) in [4.78, 5) is 16.7. The van der Waals surface area contributed by atoms with E-state index in [1.54, 1.807) is 6.07 Å². The Kier molecular flexibility index (Phi) is 6.47. The fourth-order valence-corrected chi connectivity index (χ4v) is 4.32. The van der Waals surface area contributed by atoms with E-state index in [0.717, 1.165) is 51.6 Å². The first-order valence-corrected chi connectivity index (χ1v) is 10.6. The number of urea groups is 1. The number of carbonyl (C=O) groups is 1. The fraction of sp³-hybridized carbons (Fsp3) is 0.435. The van der Waals surface area contributed by atoms with Crippen molar-refractivity contribution >= 4 is 11.7 Å². The Morgan fingerprint density at radius 2 is 1.83 bits per heavy atom. The minimum atomic E-state index is -0.831. The van der Waals surface area contributed by atoms with Crippen molar-refractivity contribution in [1.82, 2.24) is 15.5 Å². The van der Waals surface area contributed by atoms with Crippen molar-refractivity contribution in [1.29, 1.82) is 0 Å². The number of likely N-dealkylation sites (tertiary alicyclic amines) is 1.